The molecule has 0 saturated heterocycles. The van der Waals surface area contributed by atoms with E-state index < -0.39 is 28.6 Å². The molecule has 0 atom stereocenters. The molecule has 1 heterocycles. The van der Waals surface area contributed by atoms with Gasteiger partial charge in [-0.2, -0.15) is 13.2 Å². The summed E-state index contributed by atoms with van der Waals surface area (Å²) in [6.45, 7) is 0. The van der Waals surface area contributed by atoms with E-state index >= 15 is 0 Å². The number of halogens is 5. The highest BCUT2D eigenvalue weighted by atomic mass is 79.9. The van der Waals surface area contributed by atoms with Gasteiger partial charge in [-0.15, -0.1) is 0 Å². The molecule has 1 aliphatic heterocycles. The van der Waals surface area contributed by atoms with Crippen LogP contribution in [0.15, 0.2) is 88.0 Å². The maximum Gasteiger partial charge on any atom is 0.416 e. The number of amides is 3. The second-order valence-electron chi connectivity index (χ2n) is 7.74. The van der Waals surface area contributed by atoms with Crippen molar-refractivity contribution in [1.29, 1.82) is 0 Å². The summed E-state index contributed by atoms with van der Waals surface area (Å²) in [4.78, 5) is 38.3. The van der Waals surface area contributed by atoms with E-state index in [0.717, 1.165) is 16.6 Å². The summed E-state index contributed by atoms with van der Waals surface area (Å²) < 4.78 is 40.1. The van der Waals surface area contributed by atoms with Gasteiger partial charge in [0.05, 0.1) is 17.7 Å². The van der Waals surface area contributed by atoms with Gasteiger partial charge in [-0.05, 0) is 60.2 Å². The van der Waals surface area contributed by atoms with Crippen LogP contribution in [0, 0.1) is 0 Å². The molecule has 6 nitrogen and oxygen atoms in total. The standard InChI is InChI=1S/C25H16BrClF3N3O3/c26-16-6-10-17(11-7-16)31-20(34)12-14-4-8-18(9-5-14)32-22-21(27)23(35)33(24(22)36)19-3-1-2-15(13-19)25(28,29)30/h1-11,13,32H,12H2,(H,31,34). The Labute approximate surface area is 216 Å². The van der Waals surface area contributed by atoms with Gasteiger partial charge in [-0.3, -0.25) is 14.4 Å². The first-order valence-corrected chi connectivity index (χ1v) is 11.6. The first-order chi connectivity index (χ1) is 17.0. The van der Waals surface area contributed by atoms with Crippen molar-refractivity contribution >= 4 is 62.3 Å². The highest BCUT2D eigenvalue weighted by Gasteiger charge is 2.40. The van der Waals surface area contributed by atoms with E-state index in [0.29, 0.717) is 27.9 Å². The molecule has 11 heteroatoms. The van der Waals surface area contributed by atoms with E-state index in [1.54, 1.807) is 48.5 Å². The van der Waals surface area contributed by atoms with Crippen LogP contribution in [-0.2, 0) is 27.0 Å². The zero-order valence-electron chi connectivity index (χ0n) is 18.2. The number of hydrogen-bond acceptors (Lipinski definition) is 4. The van der Waals surface area contributed by atoms with Gasteiger partial charge in [-0.1, -0.05) is 45.7 Å². The quantitative estimate of drug-likeness (QED) is 0.347. The maximum absolute atomic E-state index is 13.1. The van der Waals surface area contributed by atoms with Crippen LogP contribution < -0.4 is 15.5 Å². The SMILES string of the molecule is O=C(Cc1ccc(NC2=C(Cl)C(=O)N(c3cccc(C(F)(F)F)c3)C2=O)cc1)Nc1ccc(Br)cc1. The topological polar surface area (TPSA) is 78.5 Å². The van der Waals surface area contributed by atoms with Crippen molar-refractivity contribution in [1.82, 2.24) is 0 Å². The molecule has 0 aromatic heterocycles. The molecular weight excluding hydrogens is 563 g/mol. The molecular formula is C25H16BrClF3N3O3. The van der Waals surface area contributed by atoms with Gasteiger partial charge in [0.15, 0.2) is 0 Å². The van der Waals surface area contributed by atoms with Crippen molar-refractivity contribution in [3.05, 3.63) is 99.1 Å². The molecule has 0 radical (unpaired) electrons. The van der Waals surface area contributed by atoms with Crippen LogP contribution in [0.2, 0.25) is 0 Å². The minimum absolute atomic E-state index is 0.0978. The molecule has 3 aromatic rings. The maximum atomic E-state index is 13.1. The Morgan fingerprint density at radius 2 is 1.56 bits per heavy atom. The Morgan fingerprint density at radius 3 is 2.19 bits per heavy atom. The highest BCUT2D eigenvalue weighted by molar-refractivity contribution is 9.10. The minimum Gasteiger partial charge on any atom is -0.350 e. The Morgan fingerprint density at radius 1 is 0.917 bits per heavy atom. The number of alkyl halides is 3. The average molecular weight is 579 g/mol. The lowest BCUT2D eigenvalue weighted by molar-refractivity contribution is -0.137. The second-order valence-corrected chi connectivity index (χ2v) is 9.03. The molecule has 0 aliphatic carbocycles. The fourth-order valence-corrected chi connectivity index (χ4v) is 3.92. The summed E-state index contributed by atoms with van der Waals surface area (Å²) in [5, 5.41) is 5.08. The molecule has 0 unspecified atom stereocenters. The number of benzene rings is 3. The van der Waals surface area contributed by atoms with Crippen LogP contribution in [0.1, 0.15) is 11.1 Å². The summed E-state index contributed by atoms with van der Waals surface area (Å²) in [6.07, 6.45) is -4.54. The van der Waals surface area contributed by atoms with E-state index in [2.05, 4.69) is 26.6 Å². The van der Waals surface area contributed by atoms with Crippen molar-refractivity contribution in [2.75, 3.05) is 15.5 Å². The zero-order valence-corrected chi connectivity index (χ0v) is 20.5. The lowest BCUT2D eigenvalue weighted by atomic mass is 10.1. The van der Waals surface area contributed by atoms with Crippen molar-refractivity contribution in [3.8, 4) is 0 Å². The van der Waals surface area contributed by atoms with Gasteiger partial charge in [0.1, 0.15) is 10.7 Å². The van der Waals surface area contributed by atoms with E-state index in [4.69, 9.17) is 11.6 Å². The van der Waals surface area contributed by atoms with Gasteiger partial charge in [-0.25, -0.2) is 4.90 Å². The molecule has 0 saturated carbocycles. The molecule has 4 rings (SSSR count). The van der Waals surface area contributed by atoms with Crippen molar-refractivity contribution in [2.45, 2.75) is 12.6 Å². The fourth-order valence-electron chi connectivity index (χ4n) is 3.44. The second kappa shape index (κ2) is 10.2. The number of carbonyl (C=O) groups is 3. The van der Waals surface area contributed by atoms with Gasteiger partial charge >= 0.3 is 6.18 Å². The predicted octanol–water partition coefficient (Wildman–Crippen LogP) is 6.08. The molecule has 3 aromatic carbocycles. The van der Waals surface area contributed by atoms with E-state index in [1.165, 1.54) is 6.07 Å². The number of nitrogens with one attached hydrogen (secondary N) is 2. The average Bonchev–Trinajstić information content (AvgIpc) is 3.04. The Hall–Kier alpha value is -3.63. The Bertz CT molecular complexity index is 1370. The van der Waals surface area contributed by atoms with Crippen LogP contribution in [0.25, 0.3) is 0 Å². The summed E-state index contributed by atoms with van der Waals surface area (Å²) in [5.74, 6) is -2.05. The molecule has 1 aliphatic rings. The van der Waals surface area contributed by atoms with Crippen LogP contribution in [0.3, 0.4) is 0 Å². The number of rotatable bonds is 6. The smallest absolute Gasteiger partial charge is 0.350 e. The van der Waals surface area contributed by atoms with Gasteiger partial charge in [0.2, 0.25) is 5.91 Å². The predicted molar refractivity (Wildman–Crippen MR) is 133 cm³/mol. The largest absolute Gasteiger partial charge is 0.416 e. The van der Waals surface area contributed by atoms with Crippen molar-refractivity contribution in [2.24, 2.45) is 0 Å². The molecule has 184 valence electrons. The van der Waals surface area contributed by atoms with Crippen LogP contribution in [-0.4, -0.2) is 17.7 Å². The third-order valence-electron chi connectivity index (χ3n) is 5.17. The van der Waals surface area contributed by atoms with Gasteiger partial charge < -0.3 is 10.6 Å². The number of imide groups is 1. The fraction of sp³-hybridized carbons (Fsp3) is 0.0800. The molecule has 3 amide bonds. The first kappa shape index (κ1) is 25.5. The molecule has 2 N–H and O–H groups in total. The first-order valence-electron chi connectivity index (χ1n) is 10.4. The molecule has 36 heavy (non-hydrogen) atoms. The minimum atomic E-state index is -4.64. The number of hydrogen-bond donors (Lipinski definition) is 2. The normalized spacial score (nSPS) is 13.9. The van der Waals surface area contributed by atoms with Crippen molar-refractivity contribution < 1.29 is 27.6 Å². The summed E-state index contributed by atoms with van der Waals surface area (Å²) in [7, 11) is 0. The monoisotopic (exact) mass is 577 g/mol. The summed E-state index contributed by atoms with van der Waals surface area (Å²) in [5.41, 5.74) is 0.222. The highest BCUT2D eigenvalue weighted by Crippen LogP contribution is 2.35. The summed E-state index contributed by atoms with van der Waals surface area (Å²) >= 11 is 9.39. The zero-order chi connectivity index (χ0) is 26.0. The lowest BCUT2D eigenvalue weighted by Gasteiger charge is -2.17. The van der Waals surface area contributed by atoms with Gasteiger partial charge in [0, 0.05) is 15.8 Å². The summed E-state index contributed by atoms with van der Waals surface area (Å²) in [6, 6.07) is 17.5. The number of anilines is 3. The third kappa shape index (κ3) is 5.60. The van der Waals surface area contributed by atoms with E-state index in [1.807, 2.05) is 0 Å². The van der Waals surface area contributed by atoms with Crippen LogP contribution >= 0.6 is 27.5 Å². The van der Waals surface area contributed by atoms with E-state index in [9.17, 15) is 27.6 Å². The number of carbonyl (C=O) groups excluding carboxylic acids is 3. The molecule has 0 bridgehead atoms. The van der Waals surface area contributed by atoms with Crippen molar-refractivity contribution in [3.63, 3.8) is 0 Å². The third-order valence-corrected chi connectivity index (χ3v) is 6.05. The van der Waals surface area contributed by atoms with Crippen LogP contribution in [0.5, 0.6) is 0 Å². The van der Waals surface area contributed by atoms with Gasteiger partial charge in [0.25, 0.3) is 11.8 Å². The Balaban J connectivity index is 1.44. The van der Waals surface area contributed by atoms with E-state index in [-0.39, 0.29) is 23.7 Å². The molecule has 0 fully saturated rings. The lowest BCUT2D eigenvalue weighted by Crippen LogP contribution is -2.32. The Kier molecular flexibility index (Phi) is 7.18. The van der Waals surface area contributed by atoms with Crippen LogP contribution in [0.4, 0.5) is 30.2 Å². The number of nitrogens with zero attached hydrogens (tertiary/aromatic N) is 1. The molecule has 0 spiro atoms.